The fourth-order valence-electron chi connectivity index (χ4n) is 11.6. The molecule has 4 aromatic carbocycles. The number of fused-ring (bicyclic) bond motifs is 2. The van der Waals surface area contributed by atoms with Gasteiger partial charge in [-0.3, -0.25) is 9.59 Å². The van der Waals surface area contributed by atoms with E-state index in [9.17, 15) is 44.7 Å². The zero-order chi connectivity index (χ0) is 103. The van der Waals surface area contributed by atoms with Gasteiger partial charge in [-0.1, -0.05) is 77.5 Å². The standard InChI is InChI=1S/C16H14ClF2N3O2.2C16H6.C12H24B2O4.2C12H14BClF2O2.C10H12BrN3O2.C6H2BrClF2.CH4.H4P2/c17-10-8-11(18)9(7-12(10)19)13-14(15(23)21-3-1-4-21)20-22-5-2-6-24-16(13)22;2*1-3-5-7-9-11-13-15-16-14-12-10-8-6-4-2;1-9(2)10(3,4)16-13(15-9)14-17-11(5,6)12(7,8)18-14;2*1-11(2)12(3,4)18-13(17-11)7-5-10(16)8(14)6-9(7)15;11-7-8(9(15)13-3-1-4-13)12-14-5-2-6-16-10(7)14;7-3-1-6(10)4(8)2-5(3)9;;1-2/h7-8H,1-6H2;2*1-2H3;1-8H3;2*5-6H,1-4H3;1-6H2;1-2H;1H4;1-2H2. The van der Waals surface area contributed by atoms with Gasteiger partial charge >= 0.3 is 28.3 Å². The van der Waals surface area contributed by atoms with E-state index in [4.69, 9.17) is 93.1 Å². The van der Waals surface area contributed by atoms with Gasteiger partial charge in [0.15, 0.2) is 11.4 Å². The number of nitrogens with zero attached hydrogens (tertiary/aromatic N) is 6. The number of carbonyl (C=O) groups is 2. The predicted molar refractivity (Wildman–Crippen MR) is 547 cm³/mol. The van der Waals surface area contributed by atoms with Crippen molar-refractivity contribution >= 4 is 147 Å². The quantitative estimate of drug-likeness (QED) is 0.0508. The van der Waals surface area contributed by atoms with Gasteiger partial charge in [-0.05, 0) is 374 Å². The lowest BCUT2D eigenvalue weighted by Gasteiger charge is -2.32. The van der Waals surface area contributed by atoms with Crippen molar-refractivity contribution < 1.29 is 91.4 Å². The van der Waals surface area contributed by atoms with Crippen LogP contribution in [-0.2, 0) is 50.3 Å². The number of hydrogen-bond acceptors (Lipinski definition) is 14. The number of carbonyl (C=O) groups excluding carboxylic acids is 2. The van der Waals surface area contributed by atoms with E-state index in [1.54, 1.807) is 42.2 Å². The smallest absolute Gasteiger partial charge is 0.477 e. The number of aromatic nitrogens is 4. The molecule has 0 radical (unpaired) electrons. The van der Waals surface area contributed by atoms with Crippen molar-refractivity contribution in [3.8, 4) is 189 Å². The molecule has 18 nitrogen and oxygen atoms in total. The summed E-state index contributed by atoms with van der Waals surface area (Å²) in [4.78, 5) is 28.1. The molecule has 6 fully saturated rings. The Labute approximate surface area is 854 Å². The highest BCUT2D eigenvalue weighted by molar-refractivity contribution is 9.11. The number of benzene rings is 4. The number of ether oxygens (including phenoxy) is 2. The molecule has 0 spiro atoms. The maximum atomic E-state index is 14.4. The molecule has 2 aromatic heterocycles. The molecule has 0 aliphatic carbocycles. The Morgan fingerprint density at radius 1 is 0.345 bits per heavy atom. The molecular formula is C101H100B4Br2Cl4F8N6O12P2. The van der Waals surface area contributed by atoms with E-state index in [0.717, 1.165) is 93.8 Å². The van der Waals surface area contributed by atoms with Crippen LogP contribution in [0.1, 0.15) is 193 Å². The van der Waals surface area contributed by atoms with Gasteiger partial charge in [0, 0.05) is 68.6 Å². The summed E-state index contributed by atoms with van der Waals surface area (Å²) >= 11 is 28.1. The second-order valence-electron chi connectivity index (χ2n) is 33.6. The molecule has 8 aliphatic heterocycles. The normalized spacial score (nSPS) is 16.3. The van der Waals surface area contributed by atoms with E-state index in [1.807, 2.05) is 111 Å². The van der Waals surface area contributed by atoms with Crippen molar-refractivity contribution in [2.75, 3.05) is 39.4 Å². The Morgan fingerprint density at radius 3 is 0.899 bits per heavy atom. The number of rotatable bonds is 6. The minimum absolute atomic E-state index is 0. The fraction of sp³-hybridized carbons (Fsp3) is 0.406. The van der Waals surface area contributed by atoms with Crippen LogP contribution in [0.2, 0.25) is 20.1 Å². The van der Waals surface area contributed by atoms with Crippen LogP contribution in [-0.4, -0.2) is 154 Å². The number of hydrogen-bond donors (Lipinski definition) is 0. The highest BCUT2D eigenvalue weighted by Crippen LogP contribution is 2.45. The molecule has 726 valence electrons. The topological polar surface area (TPSA) is 169 Å². The molecule has 0 bridgehead atoms. The summed E-state index contributed by atoms with van der Waals surface area (Å²) in [6, 6.07) is 7.67. The Balaban J connectivity index is 0.000000281. The van der Waals surface area contributed by atoms with Crippen LogP contribution in [0, 0.1) is 212 Å². The van der Waals surface area contributed by atoms with Crippen LogP contribution in [0.3, 0.4) is 0 Å². The molecule has 6 saturated heterocycles. The van der Waals surface area contributed by atoms with Crippen LogP contribution in [0.5, 0.6) is 11.8 Å². The minimum Gasteiger partial charge on any atom is -0.477 e. The van der Waals surface area contributed by atoms with E-state index < -0.39 is 97.2 Å². The highest BCUT2D eigenvalue weighted by atomic mass is 79.9. The zero-order valence-electron chi connectivity index (χ0n) is 79.4. The van der Waals surface area contributed by atoms with Gasteiger partial charge in [0.05, 0.1) is 88.1 Å². The van der Waals surface area contributed by atoms with Crippen molar-refractivity contribution in [2.45, 2.75) is 229 Å². The second kappa shape index (κ2) is 54.9. The molecule has 0 saturated carbocycles. The molecular weight excluding hydrogens is 2050 g/mol. The third-order valence-corrected chi connectivity index (χ3v) is 24.4. The third kappa shape index (κ3) is 33.6. The molecule has 139 heavy (non-hydrogen) atoms. The SMILES string of the molecule is C.CC#CC#CC#CC#CC#CC#CC#CC.CC#CC#CC#CC#CC#CC#CC#CC.CC1(C)OB(B2OC(C)(C)C(C)(C)O2)OC1(C)C.CC1(C)OB(c2cc(F)c(Cl)cc2F)OC1(C)C.CC1(C)OB(c2cc(F)c(Cl)cc2F)OC1(C)C.Fc1cc(Br)c(F)cc1Cl.O=C(c1nn2c(c1-c1cc(F)c(Cl)cc1F)OCCC2)N1CCC1.O=C(c1nn2c(c1Br)OCCC2)N1CCC1.PP. The molecule has 10 heterocycles. The molecule has 2 atom stereocenters. The first-order valence-electron chi connectivity index (χ1n) is 42.3. The molecule has 6 aromatic rings. The number of aryl methyl sites for hydroxylation is 2. The van der Waals surface area contributed by atoms with Crippen molar-refractivity contribution in [1.82, 2.24) is 29.4 Å². The van der Waals surface area contributed by atoms with E-state index in [0.29, 0.717) is 54.8 Å². The maximum absolute atomic E-state index is 14.4. The largest absolute Gasteiger partial charge is 0.497 e. The number of halogens is 14. The van der Waals surface area contributed by atoms with Gasteiger partial charge in [-0.2, -0.15) is 10.2 Å². The van der Waals surface area contributed by atoms with Gasteiger partial charge in [-0.25, -0.2) is 44.5 Å². The van der Waals surface area contributed by atoms with Crippen LogP contribution >= 0.6 is 96.1 Å². The average molecular weight is 2150 g/mol. The van der Waals surface area contributed by atoms with Crippen LogP contribution < -0.4 is 20.4 Å². The Kier molecular flexibility index (Phi) is 47.2. The van der Waals surface area contributed by atoms with Crippen molar-refractivity contribution in [1.29, 1.82) is 0 Å². The molecule has 2 amide bonds. The van der Waals surface area contributed by atoms with Gasteiger partial charge in [0.25, 0.3) is 11.8 Å². The summed E-state index contributed by atoms with van der Waals surface area (Å²) in [6.07, 6.45) is 3.70. The number of likely N-dealkylation sites (tertiary alicyclic amines) is 2. The minimum atomic E-state index is -0.929. The van der Waals surface area contributed by atoms with E-state index in [2.05, 4.69) is 226 Å². The Bertz CT molecular complexity index is 6030. The van der Waals surface area contributed by atoms with Crippen molar-refractivity contribution in [2.24, 2.45) is 0 Å². The molecule has 8 aliphatic rings. The summed E-state index contributed by atoms with van der Waals surface area (Å²) in [6.45, 7) is 43.3. The average Bonchev–Trinajstić information content (AvgIpc) is 1.58. The summed E-state index contributed by atoms with van der Waals surface area (Å²) in [7, 11) is 1.86. The first-order valence-corrected chi connectivity index (χ1v) is 48.1. The lowest BCUT2D eigenvalue weighted by Crippen LogP contribution is -2.42. The summed E-state index contributed by atoms with van der Waals surface area (Å²) in [5.41, 5.74) is -3.08. The van der Waals surface area contributed by atoms with Gasteiger partial charge in [-0.15, -0.1) is 17.9 Å². The Hall–Kier alpha value is -9.96. The molecule has 2 unspecified atom stereocenters. The summed E-state index contributed by atoms with van der Waals surface area (Å²) in [5.74, 6) is 66.5. The monoisotopic (exact) mass is 2140 g/mol. The summed E-state index contributed by atoms with van der Waals surface area (Å²) < 4.78 is 169. The van der Waals surface area contributed by atoms with E-state index in [-0.39, 0.29) is 94.0 Å². The molecule has 0 N–H and O–H groups in total. The van der Waals surface area contributed by atoms with Crippen molar-refractivity contribution in [3.05, 3.63) is 135 Å². The summed E-state index contributed by atoms with van der Waals surface area (Å²) in [5, 5.41) is 7.58. The second-order valence-corrected chi connectivity index (χ2v) is 36.8. The Morgan fingerprint density at radius 2 is 0.604 bits per heavy atom. The predicted octanol–water partition coefficient (Wildman–Crippen LogP) is 19.2. The fourth-order valence-corrected chi connectivity index (χ4v) is 13.0. The van der Waals surface area contributed by atoms with Crippen LogP contribution in [0.25, 0.3) is 11.1 Å². The molecule has 38 heteroatoms. The maximum Gasteiger partial charge on any atom is 0.497 e. The van der Waals surface area contributed by atoms with E-state index >= 15 is 0 Å². The number of amides is 2. The van der Waals surface area contributed by atoms with Crippen molar-refractivity contribution in [3.63, 3.8) is 0 Å². The van der Waals surface area contributed by atoms with Gasteiger partial charge in [0.1, 0.15) is 51.0 Å². The van der Waals surface area contributed by atoms with Gasteiger partial charge < -0.3 is 56.5 Å². The molecule has 14 rings (SSSR count). The third-order valence-electron chi connectivity index (χ3n) is 21.9. The highest BCUT2D eigenvalue weighted by Gasteiger charge is 2.64. The van der Waals surface area contributed by atoms with Crippen LogP contribution in [0.15, 0.2) is 57.5 Å². The van der Waals surface area contributed by atoms with Crippen LogP contribution in [0.4, 0.5) is 35.1 Å². The first kappa shape index (κ1) is 120. The van der Waals surface area contributed by atoms with E-state index in [1.165, 1.54) is 4.68 Å². The van der Waals surface area contributed by atoms with Gasteiger partial charge in [0.2, 0.25) is 11.8 Å². The lowest BCUT2D eigenvalue weighted by molar-refractivity contribution is 0.00578. The first-order chi connectivity index (χ1) is 64.9. The zero-order valence-corrected chi connectivity index (χ0v) is 87.9. The lowest BCUT2D eigenvalue weighted by atomic mass is 9.49.